The first-order chi connectivity index (χ1) is 14.0. The van der Waals surface area contributed by atoms with E-state index in [1.807, 2.05) is 46.8 Å². The molecule has 0 bridgehead atoms. The molecule has 1 aromatic carbocycles. The van der Waals surface area contributed by atoms with Gasteiger partial charge in [-0.2, -0.15) is 0 Å². The lowest BCUT2D eigenvalue weighted by atomic mass is 10.0. The molecule has 0 radical (unpaired) electrons. The Morgan fingerprint density at radius 2 is 1.90 bits per heavy atom. The number of nitrogens with zero attached hydrogens (tertiary/aromatic N) is 3. The minimum atomic E-state index is -0.675. The predicted molar refractivity (Wildman–Crippen MR) is 120 cm³/mol. The highest BCUT2D eigenvalue weighted by Gasteiger charge is 2.45. The Labute approximate surface area is 186 Å². The summed E-state index contributed by atoms with van der Waals surface area (Å²) in [5.41, 5.74) is 0.889. The number of nitrogens with one attached hydrogen (secondary N) is 1. The number of aryl methyl sites for hydroxylation is 1. The number of amides is 1. The van der Waals surface area contributed by atoms with Gasteiger partial charge in [-0.05, 0) is 81.1 Å². The molecular weight excluding hydrogens is 448 g/mol. The van der Waals surface area contributed by atoms with Crippen molar-refractivity contribution in [1.29, 1.82) is 0 Å². The van der Waals surface area contributed by atoms with Gasteiger partial charge in [-0.15, -0.1) is 0 Å². The average molecular weight is 477 g/mol. The van der Waals surface area contributed by atoms with E-state index < -0.39 is 11.3 Å². The van der Waals surface area contributed by atoms with E-state index in [2.05, 4.69) is 43.3 Å². The number of rotatable bonds is 5. The Morgan fingerprint density at radius 1 is 1.27 bits per heavy atom. The van der Waals surface area contributed by atoms with E-state index in [9.17, 15) is 4.79 Å². The van der Waals surface area contributed by atoms with Crippen molar-refractivity contribution in [2.24, 2.45) is 0 Å². The molecule has 3 rings (SSSR count). The summed E-state index contributed by atoms with van der Waals surface area (Å²) in [6, 6.07) is 8.12. The van der Waals surface area contributed by atoms with Crippen molar-refractivity contribution in [2.45, 2.75) is 64.8 Å². The summed E-state index contributed by atoms with van der Waals surface area (Å²) in [4.78, 5) is 22.9. The molecular formula is C22H29BrN4O3. The Bertz CT molecular complexity index is 863. The molecule has 2 heterocycles. The van der Waals surface area contributed by atoms with Gasteiger partial charge in [0.05, 0.1) is 17.1 Å². The summed E-state index contributed by atoms with van der Waals surface area (Å²) < 4.78 is 12.3. The first kappa shape index (κ1) is 22.5. The lowest BCUT2D eigenvalue weighted by Crippen LogP contribution is -2.49. The van der Waals surface area contributed by atoms with Crippen molar-refractivity contribution in [2.75, 3.05) is 11.9 Å². The molecule has 1 atom stereocenters. The number of benzene rings is 1. The molecule has 0 aliphatic carbocycles. The lowest BCUT2D eigenvalue weighted by Gasteiger charge is -2.35. The van der Waals surface area contributed by atoms with Crippen LogP contribution in [0, 0.1) is 0 Å². The van der Waals surface area contributed by atoms with E-state index in [1.54, 1.807) is 17.3 Å². The summed E-state index contributed by atoms with van der Waals surface area (Å²) in [6.45, 7) is 9.94. The van der Waals surface area contributed by atoms with Gasteiger partial charge in [-0.3, -0.25) is 4.90 Å². The van der Waals surface area contributed by atoms with Gasteiger partial charge >= 0.3 is 6.09 Å². The van der Waals surface area contributed by atoms with Crippen LogP contribution in [0.4, 0.5) is 16.4 Å². The summed E-state index contributed by atoms with van der Waals surface area (Å²) in [6.07, 6.45) is 4.70. The van der Waals surface area contributed by atoms with Gasteiger partial charge in [0.1, 0.15) is 11.3 Å². The van der Waals surface area contributed by atoms with Gasteiger partial charge in [0, 0.05) is 18.1 Å². The summed E-state index contributed by atoms with van der Waals surface area (Å²) in [5.74, 6) is 0.546. The lowest BCUT2D eigenvalue weighted by molar-refractivity contribution is -0.0626. The Kier molecular flexibility index (Phi) is 6.67. The fourth-order valence-electron chi connectivity index (χ4n) is 3.37. The number of aromatic nitrogens is 2. The summed E-state index contributed by atoms with van der Waals surface area (Å²) in [5, 5.41) is 3.18. The van der Waals surface area contributed by atoms with Gasteiger partial charge in [-0.1, -0.05) is 12.1 Å². The first-order valence-corrected chi connectivity index (χ1v) is 10.8. The highest BCUT2D eigenvalue weighted by atomic mass is 79.9. The molecule has 1 N–H and O–H groups in total. The SMILES string of the molecule is CC(C)(C)OC(=O)N1[C@@H](CCc2ccc(Nc3ncc(Br)cn3)cc2)COC1(C)C. The van der Waals surface area contributed by atoms with E-state index in [4.69, 9.17) is 9.47 Å². The second kappa shape index (κ2) is 8.89. The molecule has 1 fully saturated rings. The molecule has 0 spiro atoms. The second-order valence-corrected chi connectivity index (χ2v) is 9.76. The summed E-state index contributed by atoms with van der Waals surface area (Å²) in [7, 11) is 0. The van der Waals surface area contributed by atoms with Gasteiger partial charge in [0.15, 0.2) is 0 Å². The molecule has 0 unspecified atom stereocenters. The number of carbonyl (C=O) groups excluding carboxylic acids is 1. The van der Waals surface area contributed by atoms with E-state index >= 15 is 0 Å². The average Bonchev–Trinajstić information content (AvgIpc) is 2.96. The van der Waals surface area contributed by atoms with Gasteiger partial charge in [0.25, 0.3) is 0 Å². The minimum absolute atomic E-state index is 0.0242. The van der Waals surface area contributed by atoms with Crippen molar-refractivity contribution in [3.63, 3.8) is 0 Å². The van der Waals surface area contributed by atoms with Gasteiger partial charge in [0.2, 0.25) is 5.95 Å². The molecule has 1 aliphatic rings. The maximum Gasteiger partial charge on any atom is 0.412 e. The maximum atomic E-state index is 12.7. The standard InChI is InChI=1S/C22H29BrN4O3/c1-21(2,3)30-20(28)27-18(14-29-22(27,4)5)11-8-15-6-9-17(10-7-15)26-19-24-12-16(23)13-25-19/h6-7,9-10,12-13,18H,8,11,14H2,1-5H3,(H,24,25,26)/t18-/m0/s1. The smallest absolute Gasteiger partial charge is 0.412 e. The largest absolute Gasteiger partial charge is 0.444 e. The van der Waals surface area contributed by atoms with Crippen molar-refractivity contribution in [3.8, 4) is 0 Å². The molecule has 1 aromatic heterocycles. The van der Waals surface area contributed by atoms with Crippen LogP contribution in [0.25, 0.3) is 0 Å². The van der Waals surface area contributed by atoms with E-state index in [0.29, 0.717) is 12.6 Å². The monoisotopic (exact) mass is 476 g/mol. The molecule has 1 saturated heterocycles. The molecule has 7 nitrogen and oxygen atoms in total. The van der Waals surface area contributed by atoms with Gasteiger partial charge < -0.3 is 14.8 Å². The van der Waals surface area contributed by atoms with Crippen LogP contribution in [0.5, 0.6) is 0 Å². The van der Waals surface area contributed by atoms with Crippen LogP contribution in [0.3, 0.4) is 0 Å². The Balaban J connectivity index is 1.59. The number of hydrogen-bond donors (Lipinski definition) is 1. The zero-order valence-electron chi connectivity index (χ0n) is 18.1. The number of anilines is 2. The van der Waals surface area contributed by atoms with Crippen molar-refractivity contribution < 1.29 is 14.3 Å². The maximum absolute atomic E-state index is 12.7. The van der Waals surface area contributed by atoms with Gasteiger partial charge in [-0.25, -0.2) is 14.8 Å². The number of halogens is 1. The van der Waals surface area contributed by atoms with Crippen molar-refractivity contribution in [3.05, 3.63) is 46.7 Å². The first-order valence-electron chi connectivity index (χ1n) is 10.0. The molecule has 1 amide bonds. The zero-order valence-corrected chi connectivity index (χ0v) is 19.7. The van der Waals surface area contributed by atoms with E-state index in [1.165, 1.54) is 5.56 Å². The van der Waals surface area contributed by atoms with Crippen LogP contribution < -0.4 is 5.32 Å². The van der Waals surface area contributed by atoms with E-state index in [-0.39, 0.29) is 12.1 Å². The zero-order chi connectivity index (χ0) is 21.9. The van der Waals surface area contributed by atoms with Crippen molar-refractivity contribution in [1.82, 2.24) is 14.9 Å². The molecule has 2 aromatic rings. The van der Waals surface area contributed by atoms with Crippen LogP contribution >= 0.6 is 15.9 Å². The predicted octanol–water partition coefficient (Wildman–Crippen LogP) is 5.29. The molecule has 8 heteroatoms. The second-order valence-electron chi connectivity index (χ2n) is 8.85. The third-order valence-corrected chi connectivity index (χ3v) is 5.17. The third kappa shape index (κ3) is 5.92. The number of ether oxygens (including phenoxy) is 2. The van der Waals surface area contributed by atoms with Crippen LogP contribution in [0.1, 0.15) is 46.6 Å². The molecule has 0 saturated carbocycles. The molecule has 30 heavy (non-hydrogen) atoms. The topological polar surface area (TPSA) is 76.6 Å². The number of hydrogen-bond acceptors (Lipinski definition) is 6. The van der Waals surface area contributed by atoms with Crippen molar-refractivity contribution >= 4 is 33.7 Å². The normalized spacial score (nSPS) is 18.3. The fraction of sp³-hybridized carbons (Fsp3) is 0.500. The van der Waals surface area contributed by atoms with E-state index in [0.717, 1.165) is 23.0 Å². The molecule has 162 valence electrons. The number of carbonyl (C=O) groups is 1. The quantitative estimate of drug-likeness (QED) is 0.631. The highest BCUT2D eigenvalue weighted by Crippen LogP contribution is 2.31. The summed E-state index contributed by atoms with van der Waals surface area (Å²) >= 11 is 3.33. The highest BCUT2D eigenvalue weighted by molar-refractivity contribution is 9.10. The Hall–Kier alpha value is -2.19. The minimum Gasteiger partial charge on any atom is -0.444 e. The van der Waals surface area contributed by atoms with Crippen LogP contribution in [-0.4, -0.2) is 44.9 Å². The Morgan fingerprint density at radius 3 is 2.50 bits per heavy atom. The van der Waals surface area contributed by atoms with Crippen LogP contribution in [0.2, 0.25) is 0 Å². The third-order valence-electron chi connectivity index (χ3n) is 4.76. The molecule has 1 aliphatic heterocycles. The fourth-order valence-corrected chi connectivity index (χ4v) is 3.58. The van der Waals surface area contributed by atoms with Crippen LogP contribution in [0.15, 0.2) is 41.1 Å². The van der Waals surface area contributed by atoms with Crippen LogP contribution in [-0.2, 0) is 15.9 Å².